The summed E-state index contributed by atoms with van der Waals surface area (Å²) in [5.41, 5.74) is 0.530. The number of halogens is 1. The number of ether oxygens (including phenoxy) is 2. The van der Waals surface area contributed by atoms with Gasteiger partial charge in [-0.3, -0.25) is 9.36 Å². The average Bonchev–Trinajstić information content (AvgIpc) is 2.88. The van der Waals surface area contributed by atoms with E-state index in [2.05, 4.69) is 15.9 Å². The molecule has 0 aliphatic heterocycles. The number of sulfonamides is 1. The number of rotatable bonds is 7. The van der Waals surface area contributed by atoms with Gasteiger partial charge < -0.3 is 9.47 Å². The van der Waals surface area contributed by atoms with Crippen molar-refractivity contribution in [3.8, 4) is 17.2 Å². The van der Waals surface area contributed by atoms with Crippen molar-refractivity contribution < 1.29 is 17.9 Å². The molecule has 4 aromatic rings. The third-order valence-corrected chi connectivity index (χ3v) is 8.57. The zero-order chi connectivity index (χ0) is 25.3. The molecule has 4 rings (SSSR count). The maximum atomic E-state index is 13.8. The van der Waals surface area contributed by atoms with Crippen molar-refractivity contribution in [2.45, 2.75) is 17.9 Å². The van der Waals surface area contributed by atoms with E-state index in [9.17, 15) is 13.2 Å². The minimum Gasteiger partial charge on any atom is -0.497 e. The van der Waals surface area contributed by atoms with Crippen molar-refractivity contribution in [3.63, 3.8) is 0 Å². The number of aromatic nitrogens is 2. The van der Waals surface area contributed by atoms with Crippen LogP contribution in [0.2, 0.25) is 0 Å². The zero-order valence-corrected chi connectivity index (χ0v) is 22.0. The Balaban J connectivity index is 2.01. The highest BCUT2D eigenvalue weighted by Gasteiger charge is 2.30. The van der Waals surface area contributed by atoms with Gasteiger partial charge in [-0.25, -0.2) is 13.4 Å². The smallest absolute Gasteiger partial charge is 0.266 e. The Hall–Kier alpha value is -3.21. The van der Waals surface area contributed by atoms with Crippen molar-refractivity contribution in [3.05, 3.63) is 87.4 Å². The molecule has 10 heteroatoms. The van der Waals surface area contributed by atoms with Gasteiger partial charge in [-0.1, -0.05) is 30.3 Å². The third kappa shape index (κ3) is 4.44. The molecule has 1 heterocycles. The second-order valence-corrected chi connectivity index (χ2v) is 10.6. The second-order valence-electron chi connectivity index (χ2n) is 7.80. The Kier molecular flexibility index (Phi) is 6.98. The topological polar surface area (TPSA) is 90.7 Å². The van der Waals surface area contributed by atoms with Crippen LogP contribution in [0, 0.1) is 0 Å². The molecule has 0 aliphatic rings. The van der Waals surface area contributed by atoms with Crippen LogP contribution in [0.15, 0.2) is 80.9 Å². The molecular formula is C25H24BrN3O5S. The summed E-state index contributed by atoms with van der Waals surface area (Å²) in [5.74, 6) is 1.15. The van der Waals surface area contributed by atoms with E-state index in [1.165, 1.54) is 42.3 Å². The standard InChI is InChI=1S/C25H24BrN3O5S/c1-16(28(2)35(31,32)18-10-6-5-7-11-18)24-27-20-13-9-8-12-19(20)25(30)29(24)21-14-17(33-3)15-22(34-4)23(21)26/h5-16H,1-4H3. The molecule has 1 aromatic heterocycles. The quantitative estimate of drug-likeness (QED) is 0.331. The molecule has 0 N–H and O–H groups in total. The minimum absolute atomic E-state index is 0.147. The Morgan fingerprint density at radius 1 is 1.00 bits per heavy atom. The molecule has 0 amide bonds. The average molecular weight is 558 g/mol. The van der Waals surface area contributed by atoms with Crippen LogP contribution < -0.4 is 15.0 Å². The Morgan fingerprint density at radius 2 is 1.66 bits per heavy atom. The van der Waals surface area contributed by atoms with Crippen molar-refractivity contribution in [2.24, 2.45) is 0 Å². The lowest BCUT2D eigenvalue weighted by Crippen LogP contribution is -2.35. The first kappa shape index (κ1) is 24.9. The highest BCUT2D eigenvalue weighted by Crippen LogP contribution is 2.37. The van der Waals surface area contributed by atoms with Gasteiger partial charge in [0, 0.05) is 19.2 Å². The number of para-hydroxylation sites is 1. The summed E-state index contributed by atoms with van der Waals surface area (Å²) in [6, 6.07) is 17.6. The Labute approximate surface area is 211 Å². The van der Waals surface area contributed by atoms with Gasteiger partial charge in [0.25, 0.3) is 5.56 Å². The van der Waals surface area contributed by atoms with Gasteiger partial charge in [0.1, 0.15) is 17.3 Å². The molecule has 0 radical (unpaired) electrons. The van der Waals surface area contributed by atoms with E-state index in [1.54, 1.807) is 61.5 Å². The van der Waals surface area contributed by atoms with Gasteiger partial charge >= 0.3 is 0 Å². The SMILES string of the molecule is COc1cc(OC)c(Br)c(-n2c(C(C)N(C)S(=O)(=O)c3ccccc3)nc3ccccc3c2=O)c1. The number of hydrogen-bond acceptors (Lipinski definition) is 6. The third-order valence-electron chi connectivity index (χ3n) is 5.83. The lowest BCUT2D eigenvalue weighted by Gasteiger charge is -2.27. The lowest BCUT2D eigenvalue weighted by atomic mass is 10.2. The number of nitrogens with zero attached hydrogens (tertiary/aromatic N) is 3. The van der Waals surface area contributed by atoms with E-state index >= 15 is 0 Å². The number of benzene rings is 3. The highest BCUT2D eigenvalue weighted by molar-refractivity contribution is 9.10. The molecule has 0 saturated carbocycles. The van der Waals surface area contributed by atoms with E-state index < -0.39 is 16.1 Å². The summed E-state index contributed by atoms with van der Waals surface area (Å²) in [5, 5.41) is 0.394. The van der Waals surface area contributed by atoms with E-state index in [-0.39, 0.29) is 16.3 Å². The van der Waals surface area contributed by atoms with E-state index in [1.807, 2.05) is 0 Å². The molecule has 0 saturated heterocycles. The van der Waals surface area contributed by atoms with Crippen molar-refractivity contribution >= 4 is 36.9 Å². The van der Waals surface area contributed by atoms with Crippen LogP contribution in [-0.2, 0) is 10.0 Å². The fourth-order valence-corrected chi connectivity index (χ4v) is 5.69. The summed E-state index contributed by atoms with van der Waals surface area (Å²) in [4.78, 5) is 18.7. The van der Waals surface area contributed by atoms with Crippen LogP contribution in [0.4, 0.5) is 0 Å². The molecule has 1 atom stereocenters. The first-order valence-electron chi connectivity index (χ1n) is 10.7. The summed E-state index contributed by atoms with van der Waals surface area (Å²) in [7, 11) is 0.622. The number of hydrogen-bond donors (Lipinski definition) is 0. The summed E-state index contributed by atoms with van der Waals surface area (Å²) in [6.45, 7) is 1.69. The van der Waals surface area contributed by atoms with Gasteiger partial charge in [0.15, 0.2) is 0 Å². The zero-order valence-electron chi connectivity index (χ0n) is 19.6. The fourth-order valence-electron chi connectivity index (χ4n) is 3.78. The second kappa shape index (κ2) is 9.80. The van der Waals surface area contributed by atoms with E-state index in [0.29, 0.717) is 32.6 Å². The largest absolute Gasteiger partial charge is 0.497 e. The van der Waals surface area contributed by atoms with Gasteiger partial charge in [-0.15, -0.1) is 0 Å². The summed E-state index contributed by atoms with van der Waals surface area (Å²) >= 11 is 3.54. The highest BCUT2D eigenvalue weighted by atomic mass is 79.9. The van der Waals surface area contributed by atoms with Crippen LogP contribution >= 0.6 is 15.9 Å². The summed E-state index contributed by atoms with van der Waals surface area (Å²) in [6.07, 6.45) is 0. The molecule has 0 aliphatic carbocycles. The monoisotopic (exact) mass is 557 g/mol. The predicted molar refractivity (Wildman–Crippen MR) is 138 cm³/mol. The molecule has 0 spiro atoms. The summed E-state index contributed by atoms with van der Waals surface area (Å²) < 4.78 is 40.7. The number of fused-ring (bicyclic) bond motifs is 1. The molecular weight excluding hydrogens is 534 g/mol. The van der Waals surface area contributed by atoms with E-state index in [4.69, 9.17) is 14.5 Å². The van der Waals surface area contributed by atoms with Gasteiger partial charge in [-0.05, 0) is 47.1 Å². The normalized spacial score (nSPS) is 12.6. The Bertz CT molecular complexity index is 1560. The molecule has 3 aromatic carbocycles. The van der Waals surface area contributed by atoms with Crippen LogP contribution in [-0.4, -0.2) is 43.5 Å². The van der Waals surface area contributed by atoms with Crippen molar-refractivity contribution in [1.82, 2.24) is 13.9 Å². The molecule has 35 heavy (non-hydrogen) atoms. The molecule has 1 unspecified atom stereocenters. The first-order valence-corrected chi connectivity index (χ1v) is 12.9. The molecule has 0 fully saturated rings. The fraction of sp³-hybridized carbons (Fsp3) is 0.200. The number of methoxy groups -OCH3 is 2. The van der Waals surface area contributed by atoms with Crippen molar-refractivity contribution in [1.29, 1.82) is 0 Å². The molecule has 182 valence electrons. The predicted octanol–water partition coefficient (Wildman–Crippen LogP) is 4.55. The maximum Gasteiger partial charge on any atom is 0.266 e. The van der Waals surface area contributed by atoms with Crippen LogP contribution in [0.5, 0.6) is 11.5 Å². The van der Waals surface area contributed by atoms with Gasteiger partial charge in [0.05, 0.1) is 46.2 Å². The van der Waals surface area contributed by atoms with Crippen molar-refractivity contribution in [2.75, 3.05) is 21.3 Å². The first-order chi connectivity index (χ1) is 16.7. The van der Waals surface area contributed by atoms with E-state index in [0.717, 1.165) is 0 Å². The minimum atomic E-state index is -3.87. The maximum absolute atomic E-state index is 13.8. The molecule has 0 bridgehead atoms. The molecule has 8 nitrogen and oxygen atoms in total. The van der Waals surface area contributed by atoms with Gasteiger partial charge in [0.2, 0.25) is 10.0 Å². The Morgan fingerprint density at radius 3 is 2.31 bits per heavy atom. The van der Waals surface area contributed by atoms with Crippen LogP contribution in [0.1, 0.15) is 18.8 Å². The van der Waals surface area contributed by atoms with Gasteiger partial charge in [-0.2, -0.15) is 4.31 Å². The van der Waals surface area contributed by atoms with Crippen LogP contribution in [0.3, 0.4) is 0 Å². The lowest BCUT2D eigenvalue weighted by molar-refractivity contribution is 0.377. The van der Waals surface area contributed by atoms with Crippen LogP contribution in [0.25, 0.3) is 16.6 Å².